The fourth-order valence-corrected chi connectivity index (χ4v) is 1.53. The van der Waals surface area contributed by atoms with Gasteiger partial charge in [-0.25, -0.2) is 0 Å². The molecule has 1 aromatic carbocycles. The molecule has 15 heavy (non-hydrogen) atoms. The molecule has 0 aliphatic rings. The molecule has 0 unspecified atom stereocenters. The van der Waals surface area contributed by atoms with Crippen LogP contribution in [0.5, 0.6) is 5.75 Å². The normalized spacial score (nSPS) is 11.7. The maximum Gasteiger partial charge on any atom is 0.124 e. The number of phenols is 1. The first kappa shape index (κ1) is 12.1. The molecule has 2 heteroatoms. The number of rotatable bonds is 3. The Hall–Kier alpha value is -1.02. The standard InChI is InChI=1S/C13H20O2/c1-5-15-9-10-7-6-8-11(12(10)14)13(2,3)4/h6-8,14H,5,9H2,1-4H3. The zero-order chi connectivity index (χ0) is 11.5. The minimum absolute atomic E-state index is 0.0354. The maximum atomic E-state index is 10.1. The summed E-state index contributed by atoms with van der Waals surface area (Å²) in [5.41, 5.74) is 1.80. The van der Waals surface area contributed by atoms with E-state index in [1.165, 1.54) is 0 Å². The molecule has 0 heterocycles. The Morgan fingerprint density at radius 3 is 2.47 bits per heavy atom. The van der Waals surface area contributed by atoms with E-state index in [0.29, 0.717) is 19.0 Å². The Balaban J connectivity index is 3.01. The van der Waals surface area contributed by atoms with Gasteiger partial charge in [0.1, 0.15) is 5.75 Å². The number of aromatic hydroxyl groups is 1. The molecule has 0 fully saturated rings. The highest BCUT2D eigenvalue weighted by Gasteiger charge is 2.19. The molecule has 0 spiro atoms. The van der Waals surface area contributed by atoms with Crippen molar-refractivity contribution in [2.24, 2.45) is 0 Å². The van der Waals surface area contributed by atoms with Crippen LogP contribution in [0.15, 0.2) is 18.2 Å². The molecule has 0 aromatic heterocycles. The van der Waals surface area contributed by atoms with Crippen LogP contribution in [0.3, 0.4) is 0 Å². The monoisotopic (exact) mass is 208 g/mol. The van der Waals surface area contributed by atoms with Crippen molar-refractivity contribution in [3.05, 3.63) is 29.3 Å². The summed E-state index contributed by atoms with van der Waals surface area (Å²) in [7, 11) is 0. The van der Waals surface area contributed by atoms with Crippen LogP contribution in [0.2, 0.25) is 0 Å². The van der Waals surface area contributed by atoms with Crippen molar-refractivity contribution in [1.29, 1.82) is 0 Å². The van der Waals surface area contributed by atoms with Crippen molar-refractivity contribution >= 4 is 0 Å². The van der Waals surface area contributed by atoms with E-state index < -0.39 is 0 Å². The lowest BCUT2D eigenvalue weighted by Gasteiger charge is -2.21. The van der Waals surface area contributed by atoms with E-state index in [2.05, 4.69) is 20.8 Å². The smallest absolute Gasteiger partial charge is 0.124 e. The second-order valence-corrected chi connectivity index (χ2v) is 4.70. The van der Waals surface area contributed by atoms with Crippen molar-refractivity contribution in [3.8, 4) is 5.75 Å². The number of ether oxygens (including phenoxy) is 1. The van der Waals surface area contributed by atoms with Crippen LogP contribution in [0.4, 0.5) is 0 Å². The first-order valence-corrected chi connectivity index (χ1v) is 5.36. The third-order valence-electron chi connectivity index (χ3n) is 2.39. The van der Waals surface area contributed by atoms with Crippen LogP contribution in [0, 0.1) is 0 Å². The minimum Gasteiger partial charge on any atom is -0.507 e. The zero-order valence-electron chi connectivity index (χ0n) is 10.0. The first-order chi connectivity index (χ1) is 6.96. The lowest BCUT2D eigenvalue weighted by molar-refractivity contribution is 0.132. The van der Waals surface area contributed by atoms with E-state index >= 15 is 0 Å². The summed E-state index contributed by atoms with van der Waals surface area (Å²) in [6.07, 6.45) is 0. The number of phenolic OH excluding ortho intramolecular Hbond substituents is 1. The SMILES string of the molecule is CCOCc1cccc(C(C)(C)C)c1O. The lowest BCUT2D eigenvalue weighted by atomic mass is 9.85. The van der Waals surface area contributed by atoms with Gasteiger partial charge in [0.15, 0.2) is 0 Å². The number of hydrogen-bond acceptors (Lipinski definition) is 2. The molecule has 0 radical (unpaired) electrons. The van der Waals surface area contributed by atoms with Gasteiger partial charge in [-0.2, -0.15) is 0 Å². The van der Waals surface area contributed by atoms with Crippen LogP contribution in [-0.2, 0) is 16.8 Å². The highest BCUT2D eigenvalue weighted by molar-refractivity contribution is 5.43. The summed E-state index contributed by atoms with van der Waals surface area (Å²) >= 11 is 0. The summed E-state index contributed by atoms with van der Waals surface area (Å²) in [5, 5.41) is 10.1. The molecule has 84 valence electrons. The lowest BCUT2D eigenvalue weighted by Crippen LogP contribution is -2.12. The van der Waals surface area contributed by atoms with E-state index in [9.17, 15) is 5.11 Å². The summed E-state index contributed by atoms with van der Waals surface area (Å²) in [6, 6.07) is 5.83. The van der Waals surface area contributed by atoms with E-state index in [4.69, 9.17) is 4.74 Å². The number of hydrogen-bond donors (Lipinski definition) is 1. The van der Waals surface area contributed by atoms with Crippen molar-refractivity contribution in [3.63, 3.8) is 0 Å². The van der Waals surface area contributed by atoms with E-state index in [1.807, 2.05) is 25.1 Å². The average Bonchev–Trinajstić information content (AvgIpc) is 2.14. The van der Waals surface area contributed by atoms with Crippen LogP contribution in [-0.4, -0.2) is 11.7 Å². The Labute approximate surface area is 91.9 Å². The predicted molar refractivity (Wildman–Crippen MR) is 62.1 cm³/mol. The molecular weight excluding hydrogens is 188 g/mol. The summed E-state index contributed by atoms with van der Waals surface area (Å²) in [5.74, 6) is 0.374. The van der Waals surface area contributed by atoms with Gasteiger partial charge in [-0.3, -0.25) is 0 Å². The molecule has 0 bridgehead atoms. The number of benzene rings is 1. The van der Waals surface area contributed by atoms with Gasteiger partial charge in [0.25, 0.3) is 0 Å². The Morgan fingerprint density at radius 2 is 1.93 bits per heavy atom. The van der Waals surface area contributed by atoms with Crippen LogP contribution >= 0.6 is 0 Å². The molecule has 2 nitrogen and oxygen atoms in total. The molecule has 0 amide bonds. The molecule has 0 saturated carbocycles. The van der Waals surface area contributed by atoms with Gasteiger partial charge in [0, 0.05) is 12.2 Å². The predicted octanol–water partition coefficient (Wildman–Crippen LogP) is 3.23. The molecular formula is C13H20O2. The average molecular weight is 208 g/mol. The second kappa shape index (κ2) is 4.67. The van der Waals surface area contributed by atoms with Crippen molar-refractivity contribution in [2.45, 2.75) is 39.7 Å². The molecule has 0 aliphatic heterocycles. The minimum atomic E-state index is -0.0354. The summed E-state index contributed by atoms with van der Waals surface area (Å²) < 4.78 is 5.31. The van der Waals surface area contributed by atoms with Gasteiger partial charge in [-0.05, 0) is 17.9 Å². The zero-order valence-corrected chi connectivity index (χ0v) is 10.0. The van der Waals surface area contributed by atoms with Gasteiger partial charge >= 0.3 is 0 Å². The van der Waals surface area contributed by atoms with Gasteiger partial charge in [-0.15, -0.1) is 0 Å². The van der Waals surface area contributed by atoms with Gasteiger partial charge in [0.05, 0.1) is 6.61 Å². The second-order valence-electron chi connectivity index (χ2n) is 4.70. The molecule has 0 saturated heterocycles. The van der Waals surface area contributed by atoms with Gasteiger partial charge < -0.3 is 9.84 Å². The fraction of sp³-hybridized carbons (Fsp3) is 0.538. The Morgan fingerprint density at radius 1 is 1.27 bits per heavy atom. The van der Waals surface area contributed by atoms with E-state index in [-0.39, 0.29) is 5.41 Å². The third kappa shape index (κ3) is 2.96. The maximum absolute atomic E-state index is 10.1. The third-order valence-corrected chi connectivity index (χ3v) is 2.39. The quantitative estimate of drug-likeness (QED) is 0.826. The number of para-hydroxylation sites is 1. The van der Waals surface area contributed by atoms with Crippen molar-refractivity contribution in [1.82, 2.24) is 0 Å². The fourth-order valence-electron chi connectivity index (χ4n) is 1.53. The largest absolute Gasteiger partial charge is 0.507 e. The highest BCUT2D eigenvalue weighted by atomic mass is 16.5. The molecule has 0 aliphatic carbocycles. The molecule has 1 aromatic rings. The molecule has 1 N–H and O–H groups in total. The van der Waals surface area contributed by atoms with Crippen LogP contribution in [0.1, 0.15) is 38.8 Å². The highest BCUT2D eigenvalue weighted by Crippen LogP contribution is 2.33. The van der Waals surface area contributed by atoms with E-state index in [0.717, 1.165) is 11.1 Å². The first-order valence-electron chi connectivity index (χ1n) is 5.36. The summed E-state index contributed by atoms with van der Waals surface area (Å²) in [4.78, 5) is 0. The van der Waals surface area contributed by atoms with Gasteiger partial charge in [0.2, 0.25) is 0 Å². The topological polar surface area (TPSA) is 29.5 Å². The molecule has 0 atom stereocenters. The molecule has 1 rings (SSSR count). The Bertz CT molecular complexity index is 324. The van der Waals surface area contributed by atoms with Crippen LogP contribution in [0.25, 0.3) is 0 Å². The van der Waals surface area contributed by atoms with E-state index in [1.54, 1.807) is 0 Å². The summed E-state index contributed by atoms with van der Waals surface area (Å²) in [6.45, 7) is 9.36. The van der Waals surface area contributed by atoms with Gasteiger partial charge in [-0.1, -0.05) is 39.0 Å². The van der Waals surface area contributed by atoms with Crippen molar-refractivity contribution in [2.75, 3.05) is 6.61 Å². The van der Waals surface area contributed by atoms with Crippen LogP contribution < -0.4 is 0 Å². The van der Waals surface area contributed by atoms with Crippen molar-refractivity contribution < 1.29 is 9.84 Å². The Kier molecular flexibility index (Phi) is 3.75.